The Morgan fingerprint density at radius 2 is 1.83 bits per heavy atom. The summed E-state index contributed by atoms with van der Waals surface area (Å²) in [6, 6.07) is 11.1. The van der Waals surface area contributed by atoms with Gasteiger partial charge in [0.15, 0.2) is 0 Å². The molecule has 0 aliphatic rings. The van der Waals surface area contributed by atoms with Crippen molar-refractivity contribution in [2.75, 3.05) is 0 Å². The van der Waals surface area contributed by atoms with Gasteiger partial charge in [0.1, 0.15) is 11.3 Å². The molecule has 3 rings (SSSR count). The summed E-state index contributed by atoms with van der Waals surface area (Å²) < 4.78 is 2.66. The second kappa shape index (κ2) is 6.34. The van der Waals surface area contributed by atoms with Crippen LogP contribution in [0.2, 0.25) is 0 Å². The standard InChI is InChI=1S/C17H14BrN3O2/c1-2-14-15(17(22)23)16(11-7-9-19-10-8-11)20-21(14)13-5-3-12(18)4-6-13/h3-10H,2H2,1H3,(H,22,23). The maximum Gasteiger partial charge on any atom is 0.339 e. The van der Waals surface area contributed by atoms with Crippen LogP contribution in [-0.2, 0) is 6.42 Å². The van der Waals surface area contributed by atoms with Crippen LogP contribution in [0.5, 0.6) is 0 Å². The summed E-state index contributed by atoms with van der Waals surface area (Å²) >= 11 is 3.40. The van der Waals surface area contributed by atoms with E-state index in [1.165, 1.54) is 0 Å². The van der Waals surface area contributed by atoms with E-state index in [4.69, 9.17) is 0 Å². The van der Waals surface area contributed by atoms with Crippen molar-refractivity contribution in [1.82, 2.24) is 14.8 Å². The van der Waals surface area contributed by atoms with Crippen molar-refractivity contribution in [3.05, 3.63) is 64.5 Å². The molecule has 1 aromatic carbocycles. The van der Waals surface area contributed by atoms with Gasteiger partial charge in [-0.15, -0.1) is 0 Å². The van der Waals surface area contributed by atoms with Crippen molar-refractivity contribution in [3.8, 4) is 16.9 Å². The second-order valence-electron chi connectivity index (χ2n) is 4.95. The van der Waals surface area contributed by atoms with Crippen molar-refractivity contribution in [2.24, 2.45) is 0 Å². The average molecular weight is 372 g/mol. The molecular formula is C17H14BrN3O2. The molecule has 0 bridgehead atoms. The molecule has 2 heterocycles. The number of halogens is 1. The fourth-order valence-electron chi connectivity index (χ4n) is 2.51. The highest BCUT2D eigenvalue weighted by atomic mass is 79.9. The third kappa shape index (κ3) is 2.90. The highest BCUT2D eigenvalue weighted by Crippen LogP contribution is 2.28. The number of aromatic carboxylic acids is 1. The van der Waals surface area contributed by atoms with Crippen LogP contribution in [0.15, 0.2) is 53.3 Å². The molecule has 5 nitrogen and oxygen atoms in total. The summed E-state index contributed by atoms with van der Waals surface area (Å²) in [6.45, 7) is 1.93. The Morgan fingerprint density at radius 1 is 1.17 bits per heavy atom. The fraction of sp³-hybridized carbons (Fsp3) is 0.118. The topological polar surface area (TPSA) is 68.0 Å². The van der Waals surface area contributed by atoms with Crippen molar-refractivity contribution in [2.45, 2.75) is 13.3 Å². The van der Waals surface area contributed by atoms with Gasteiger partial charge in [-0.05, 0) is 42.8 Å². The molecule has 0 amide bonds. The quantitative estimate of drug-likeness (QED) is 0.753. The molecule has 0 unspecified atom stereocenters. The Balaban J connectivity index is 2.25. The molecule has 6 heteroatoms. The Bertz CT molecular complexity index is 842. The van der Waals surface area contributed by atoms with Crippen LogP contribution < -0.4 is 0 Å². The fourth-order valence-corrected chi connectivity index (χ4v) is 2.78. The summed E-state index contributed by atoms with van der Waals surface area (Å²) in [6.07, 6.45) is 3.83. The van der Waals surface area contributed by atoms with Crippen molar-refractivity contribution < 1.29 is 9.90 Å². The number of pyridine rings is 1. The molecular weight excluding hydrogens is 358 g/mol. The Labute approximate surface area is 141 Å². The van der Waals surface area contributed by atoms with E-state index in [2.05, 4.69) is 26.0 Å². The van der Waals surface area contributed by atoms with Gasteiger partial charge < -0.3 is 5.11 Å². The van der Waals surface area contributed by atoms with Gasteiger partial charge in [0.2, 0.25) is 0 Å². The molecule has 0 saturated carbocycles. The van der Waals surface area contributed by atoms with Crippen LogP contribution in [0.25, 0.3) is 16.9 Å². The van der Waals surface area contributed by atoms with E-state index >= 15 is 0 Å². The number of benzene rings is 1. The first-order valence-corrected chi connectivity index (χ1v) is 7.92. The van der Waals surface area contributed by atoms with Crippen molar-refractivity contribution in [3.63, 3.8) is 0 Å². The van der Waals surface area contributed by atoms with E-state index in [9.17, 15) is 9.90 Å². The maximum atomic E-state index is 11.8. The van der Waals surface area contributed by atoms with Crippen LogP contribution in [-0.4, -0.2) is 25.8 Å². The smallest absolute Gasteiger partial charge is 0.339 e. The predicted molar refractivity (Wildman–Crippen MR) is 90.8 cm³/mol. The number of hydrogen-bond acceptors (Lipinski definition) is 3. The van der Waals surface area contributed by atoms with E-state index in [1.807, 2.05) is 31.2 Å². The lowest BCUT2D eigenvalue weighted by atomic mass is 10.1. The first-order valence-electron chi connectivity index (χ1n) is 7.13. The first-order chi connectivity index (χ1) is 11.1. The van der Waals surface area contributed by atoms with Gasteiger partial charge >= 0.3 is 5.97 Å². The number of carbonyl (C=O) groups is 1. The highest BCUT2D eigenvalue weighted by Gasteiger charge is 2.24. The number of rotatable bonds is 4. The molecule has 0 fully saturated rings. The Hall–Kier alpha value is -2.47. The SMILES string of the molecule is CCc1c(C(=O)O)c(-c2ccncc2)nn1-c1ccc(Br)cc1. The van der Waals surface area contributed by atoms with Crippen LogP contribution in [0, 0.1) is 0 Å². The lowest BCUT2D eigenvalue weighted by Gasteiger charge is -2.06. The zero-order valence-electron chi connectivity index (χ0n) is 12.4. The summed E-state index contributed by atoms with van der Waals surface area (Å²) in [7, 11) is 0. The van der Waals surface area contributed by atoms with E-state index in [-0.39, 0.29) is 5.56 Å². The number of nitrogens with zero attached hydrogens (tertiary/aromatic N) is 3. The van der Waals surface area contributed by atoms with Crippen LogP contribution >= 0.6 is 15.9 Å². The monoisotopic (exact) mass is 371 g/mol. The molecule has 0 radical (unpaired) electrons. The second-order valence-corrected chi connectivity index (χ2v) is 5.87. The normalized spacial score (nSPS) is 10.7. The van der Waals surface area contributed by atoms with Crippen LogP contribution in [0.1, 0.15) is 23.0 Å². The number of carboxylic acids is 1. The van der Waals surface area contributed by atoms with Crippen LogP contribution in [0.4, 0.5) is 0 Å². The number of aromatic nitrogens is 3. The van der Waals surface area contributed by atoms with Gasteiger partial charge in [0, 0.05) is 22.4 Å². The molecule has 2 aromatic heterocycles. The summed E-state index contributed by atoms with van der Waals surface area (Å²) in [5.41, 5.74) is 2.93. The van der Waals surface area contributed by atoms with Gasteiger partial charge in [-0.3, -0.25) is 4.98 Å². The largest absolute Gasteiger partial charge is 0.478 e. The lowest BCUT2D eigenvalue weighted by molar-refractivity contribution is 0.0696. The van der Waals surface area contributed by atoms with E-state index in [0.29, 0.717) is 17.8 Å². The van der Waals surface area contributed by atoms with Gasteiger partial charge in [-0.25, -0.2) is 9.48 Å². The minimum Gasteiger partial charge on any atom is -0.478 e. The molecule has 1 N–H and O–H groups in total. The minimum atomic E-state index is -0.975. The third-order valence-corrected chi connectivity index (χ3v) is 4.08. The maximum absolute atomic E-state index is 11.8. The van der Waals surface area contributed by atoms with E-state index in [1.54, 1.807) is 29.2 Å². The molecule has 0 saturated heterocycles. The molecule has 0 atom stereocenters. The van der Waals surface area contributed by atoms with Crippen LogP contribution in [0.3, 0.4) is 0 Å². The Morgan fingerprint density at radius 3 is 2.39 bits per heavy atom. The van der Waals surface area contributed by atoms with Crippen molar-refractivity contribution >= 4 is 21.9 Å². The Kier molecular flexibility index (Phi) is 4.25. The minimum absolute atomic E-state index is 0.238. The third-order valence-electron chi connectivity index (χ3n) is 3.55. The predicted octanol–water partition coefficient (Wildman–Crippen LogP) is 3.96. The highest BCUT2D eigenvalue weighted by molar-refractivity contribution is 9.10. The summed E-state index contributed by atoms with van der Waals surface area (Å²) in [4.78, 5) is 15.8. The van der Waals surface area contributed by atoms with E-state index < -0.39 is 5.97 Å². The molecule has 0 aliphatic heterocycles. The number of carboxylic acid groups (broad SMARTS) is 1. The zero-order valence-corrected chi connectivity index (χ0v) is 14.0. The molecule has 116 valence electrons. The molecule has 3 aromatic rings. The molecule has 0 spiro atoms. The summed E-state index contributed by atoms with van der Waals surface area (Å²) in [5, 5.41) is 14.2. The lowest BCUT2D eigenvalue weighted by Crippen LogP contribution is -2.05. The molecule has 23 heavy (non-hydrogen) atoms. The zero-order chi connectivity index (χ0) is 16.4. The summed E-state index contributed by atoms with van der Waals surface area (Å²) in [5.74, 6) is -0.975. The van der Waals surface area contributed by atoms with Gasteiger partial charge in [-0.1, -0.05) is 22.9 Å². The van der Waals surface area contributed by atoms with Crippen molar-refractivity contribution in [1.29, 1.82) is 0 Å². The average Bonchev–Trinajstić information content (AvgIpc) is 2.96. The van der Waals surface area contributed by atoms with E-state index in [0.717, 1.165) is 15.7 Å². The number of hydrogen-bond donors (Lipinski definition) is 1. The molecule has 0 aliphatic carbocycles. The van der Waals surface area contributed by atoms with Gasteiger partial charge in [0.05, 0.1) is 11.4 Å². The van der Waals surface area contributed by atoms with Gasteiger partial charge in [0.25, 0.3) is 0 Å². The first kappa shape index (κ1) is 15.4. The van der Waals surface area contributed by atoms with Gasteiger partial charge in [-0.2, -0.15) is 5.10 Å².